The molecule has 0 saturated heterocycles. The minimum atomic E-state index is -0.101. The van der Waals surface area contributed by atoms with Crippen LogP contribution in [0.5, 0.6) is 0 Å². The molecule has 4 saturated carbocycles. The zero-order valence-corrected chi connectivity index (χ0v) is 20.0. The third kappa shape index (κ3) is 3.64. The summed E-state index contributed by atoms with van der Waals surface area (Å²) >= 11 is 0. The van der Waals surface area contributed by atoms with Gasteiger partial charge in [0.15, 0.2) is 0 Å². The number of fused-ring (bicyclic) bond motifs is 5. The number of rotatable bonds is 5. The second kappa shape index (κ2) is 8.39. The van der Waals surface area contributed by atoms with Crippen LogP contribution in [-0.2, 0) is 9.53 Å². The van der Waals surface area contributed by atoms with E-state index < -0.39 is 0 Å². The fraction of sp³-hybridized carbons (Fsp3) is 0.962. The van der Waals surface area contributed by atoms with Gasteiger partial charge in [0, 0.05) is 6.04 Å². The van der Waals surface area contributed by atoms with Crippen LogP contribution in [0.25, 0.3) is 0 Å². The maximum atomic E-state index is 12.7. The Morgan fingerprint density at radius 2 is 1.90 bits per heavy atom. The summed E-state index contributed by atoms with van der Waals surface area (Å²) in [7, 11) is 1.56. The molecule has 2 N–H and O–H groups in total. The number of hydrogen-bond donors (Lipinski definition) is 2. The summed E-state index contributed by atoms with van der Waals surface area (Å²) in [5, 5.41) is 14.4. The van der Waals surface area contributed by atoms with Crippen molar-refractivity contribution in [1.82, 2.24) is 5.32 Å². The van der Waals surface area contributed by atoms with Gasteiger partial charge in [0.2, 0.25) is 0 Å². The quantitative estimate of drug-likeness (QED) is 0.629. The molecule has 0 aromatic heterocycles. The third-order valence-electron chi connectivity index (χ3n) is 10.2. The normalized spacial score (nSPS) is 48.0. The lowest BCUT2D eigenvalue weighted by Crippen LogP contribution is -2.62. The molecule has 172 valence electrons. The van der Waals surface area contributed by atoms with E-state index in [1.54, 1.807) is 7.11 Å². The fourth-order valence-electron chi connectivity index (χ4n) is 8.70. The van der Waals surface area contributed by atoms with Gasteiger partial charge >= 0.3 is 5.97 Å². The van der Waals surface area contributed by atoms with Crippen LogP contribution >= 0.6 is 0 Å². The van der Waals surface area contributed by atoms with Crippen molar-refractivity contribution in [3.63, 3.8) is 0 Å². The highest BCUT2D eigenvalue weighted by atomic mass is 16.5. The van der Waals surface area contributed by atoms with E-state index in [1.165, 1.54) is 25.7 Å². The molecular formula is C26H45NO3. The summed E-state index contributed by atoms with van der Waals surface area (Å²) in [6, 6.07) is 0.475. The molecule has 0 aromatic carbocycles. The van der Waals surface area contributed by atoms with Crippen LogP contribution in [0.2, 0.25) is 0 Å². The van der Waals surface area contributed by atoms with Crippen LogP contribution in [0.15, 0.2) is 0 Å². The molecule has 4 heteroatoms. The van der Waals surface area contributed by atoms with E-state index in [0.717, 1.165) is 38.6 Å². The number of aliphatic hydroxyl groups is 1. The van der Waals surface area contributed by atoms with Gasteiger partial charge in [-0.05, 0) is 105 Å². The zero-order valence-electron chi connectivity index (χ0n) is 20.0. The van der Waals surface area contributed by atoms with Crippen LogP contribution in [0, 0.1) is 46.3 Å². The van der Waals surface area contributed by atoms with Crippen molar-refractivity contribution in [1.29, 1.82) is 0 Å². The largest absolute Gasteiger partial charge is 0.469 e. The minimum absolute atomic E-state index is 0.0140. The summed E-state index contributed by atoms with van der Waals surface area (Å²) in [6.45, 7) is 10.6. The van der Waals surface area contributed by atoms with Crippen LogP contribution in [0.4, 0.5) is 0 Å². The summed E-state index contributed by atoms with van der Waals surface area (Å²) in [6.07, 6.45) is 10.0. The molecule has 4 nitrogen and oxygen atoms in total. The van der Waals surface area contributed by atoms with Crippen LogP contribution < -0.4 is 5.32 Å². The van der Waals surface area contributed by atoms with E-state index in [-0.39, 0.29) is 23.4 Å². The van der Waals surface area contributed by atoms with Crippen molar-refractivity contribution >= 4 is 5.97 Å². The van der Waals surface area contributed by atoms with Crippen molar-refractivity contribution in [2.75, 3.05) is 13.7 Å². The van der Waals surface area contributed by atoms with Gasteiger partial charge in [-0.2, -0.15) is 0 Å². The molecule has 0 aromatic rings. The smallest absolute Gasteiger partial charge is 0.309 e. The highest BCUT2D eigenvalue weighted by Gasteiger charge is 2.64. The first kappa shape index (κ1) is 22.6. The Bertz CT molecular complexity index is 636. The number of hydrogen-bond acceptors (Lipinski definition) is 4. The lowest BCUT2D eigenvalue weighted by atomic mass is 9.43. The lowest BCUT2D eigenvalue weighted by molar-refractivity contribution is -0.161. The molecule has 0 bridgehead atoms. The fourth-order valence-corrected chi connectivity index (χ4v) is 8.70. The average molecular weight is 420 g/mol. The summed E-state index contributed by atoms with van der Waals surface area (Å²) in [5.41, 5.74) is 0.378. The summed E-state index contributed by atoms with van der Waals surface area (Å²) < 4.78 is 5.26. The molecular weight excluding hydrogens is 374 g/mol. The zero-order chi connectivity index (χ0) is 21.7. The first-order valence-corrected chi connectivity index (χ1v) is 12.7. The van der Waals surface area contributed by atoms with Gasteiger partial charge < -0.3 is 15.2 Å². The molecule has 0 radical (unpaired) electrons. The van der Waals surface area contributed by atoms with Crippen molar-refractivity contribution in [3.05, 3.63) is 0 Å². The van der Waals surface area contributed by atoms with E-state index in [2.05, 4.69) is 33.0 Å². The summed E-state index contributed by atoms with van der Waals surface area (Å²) in [5.74, 6) is 3.44. The minimum Gasteiger partial charge on any atom is -0.469 e. The average Bonchev–Trinajstić information content (AvgIpc) is 3.04. The van der Waals surface area contributed by atoms with Gasteiger partial charge in [-0.3, -0.25) is 4.79 Å². The Morgan fingerprint density at radius 1 is 1.13 bits per heavy atom. The number of carbonyl (C=O) groups is 1. The standard InChI is InChI=1S/C26H45NO3/c1-16(2)11-13-27-22-15-26(4)20(8-9-21(26)24(29)30-5)19-7-6-17-14-18(28)10-12-25(17,3)23(19)22/h16-23,27-28H,6-15H2,1-5H3/t17-,18+,19+,20+,21-,22-,23-,25+,26+/m1/s1. The highest BCUT2D eigenvalue weighted by Crippen LogP contribution is 2.67. The number of ether oxygens (including phenoxy) is 1. The Balaban J connectivity index is 1.65. The van der Waals surface area contributed by atoms with Gasteiger partial charge in [0.25, 0.3) is 0 Å². The van der Waals surface area contributed by atoms with Crippen LogP contribution in [0.3, 0.4) is 0 Å². The van der Waals surface area contributed by atoms with Gasteiger partial charge in [0.1, 0.15) is 0 Å². The van der Waals surface area contributed by atoms with E-state index in [0.29, 0.717) is 41.0 Å². The maximum Gasteiger partial charge on any atom is 0.309 e. The topological polar surface area (TPSA) is 58.6 Å². The van der Waals surface area contributed by atoms with Gasteiger partial charge in [-0.15, -0.1) is 0 Å². The third-order valence-corrected chi connectivity index (χ3v) is 10.2. The first-order chi connectivity index (χ1) is 14.2. The van der Waals surface area contributed by atoms with E-state index in [9.17, 15) is 9.90 Å². The monoisotopic (exact) mass is 419 g/mol. The molecule has 4 rings (SSSR count). The Morgan fingerprint density at radius 3 is 2.60 bits per heavy atom. The van der Waals surface area contributed by atoms with Gasteiger partial charge in [-0.1, -0.05) is 27.7 Å². The number of nitrogens with one attached hydrogen (secondary N) is 1. The highest BCUT2D eigenvalue weighted by molar-refractivity contribution is 5.74. The van der Waals surface area contributed by atoms with Gasteiger partial charge in [0.05, 0.1) is 19.1 Å². The Hall–Kier alpha value is -0.610. The molecule has 30 heavy (non-hydrogen) atoms. The lowest BCUT2D eigenvalue weighted by Gasteiger charge is -2.63. The predicted octanol–water partition coefficient (Wildman–Crippen LogP) is 4.79. The Kier molecular flexibility index (Phi) is 6.31. The van der Waals surface area contributed by atoms with Crippen molar-refractivity contribution in [2.45, 2.75) is 97.6 Å². The van der Waals surface area contributed by atoms with Crippen LogP contribution in [-0.4, -0.2) is 36.9 Å². The first-order valence-electron chi connectivity index (χ1n) is 12.7. The number of methoxy groups -OCH3 is 1. The maximum absolute atomic E-state index is 12.7. The molecule has 0 amide bonds. The number of esters is 1. The van der Waals surface area contributed by atoms with E-state index in [4.69, 9.17) is 4.74 Å². The van der Waals surface area contributed by atoms with Crippen molar-refractivity contribution in [2.24, 2.45) is 46.3 Å². The van der Waals surface area contributed by atoms with Crippen LogP contribution in [0.1, 0.15) is 85.5 Å². The number of carbonyl (C=O) groups excluding carboxylic acids is 1. The van der Waals surface area contributed by atoms with Crippen molar-refractivity contribution < 1.29 is 14.6 Å². The molecule has 4 fully saturated rings. The predicted molar refractivity (Wildman–Crippen MR) is 120 cm³/mol. The molecule has 4 aliphatic rings. The van der Waals surface area contributed by atoms with Crippen molar-refractivity contribution in [3.8, 4) is 0 Å². The second-order valence-electron chi connectivity index (χ2n) is 12.1. The molecule has 0 spiro atoms. The SMILES string of the molecule is COC(=O)[C@H]1CC[C@H]2[C@@H]3CC[C@@H]4C[C@@H](O)CC[C@]4(C)[C@H]3[C@H](NCCC(C)C)C[C@]12C. The molecule has 0 unspecified atom stereocenters. The summed E-state index contributed by atoms with van der Waals surface area (Å²) in [4.78, 5) is 12.7. The molecule has 9 atom stereocenters. The van der Waals surface area contributed by atoms with E-state index >= 15 is 0 Å². The molecule has 4 aliphatic carbocycles. The Labute approximate surface area is 183 Å². The van der Waals surface area contributed by atoms with Gasteiger partial charge in [-0.25, -0.2) is 0 Å². The molecule has 0 heterocycles. The number of aliphatic hydroxyl groups excluding tert-OH is 1. The van der Waals surface area contributed by atoms with E-state index in [1.807, 2.05) is 0 Å². The molecule has 0 aliphatic heterocycles. The second-order valence-corrected chi connectivity index (χ2v) is 12.1.